The fourth-order valence-electron chi connectivity index (χ4n) is 3.44. The maximum atomic E-state index is 12.6. The first-order valence-electron chi connectivity index (χ1n) is 10.2. The van der Waals surface area contributed by atoms with Gasteiger partial charge in [-0.25, -0.2) is 0 Å². The summed E-state index contributed by atoms with van der Waals surface area (Å²) in [6.45, 7) is 1.92. The van der Waals surface area contributed by atoms with Crippen LogP contribution in [0.4, 0.5) is 5.69 Å². The highest BCUT2D eigenvalue weighted by Gasteiger charge is 2.15. The Labute approximate surface area is 183 Å². The molecule has 0 bridgehead atoms. The van der Waals surface area contributed by atoms with E-state index in [1.807, 2.05) is 43.3 Å². The number of hydrogen-bond donors (Lipinski definition) is 1. The number of hydrogen-bond acceptors (Lipinski definition) is 4. The van der Waals surface area contributed by atoms with Crippen LogP contribution in [0.5, 0.6) is 11.5 Å². The quantitative estimate of drug-likeness (QED) is 0.486. The molecule has 0 heterocycles. The van der Waals surface area contributed by atoms with Gasteiger partial charge in [-0.1, -0.05) is 42.0 Å². The molecule has 1 amide bonds. The van der Waals surface area contributed by atoms with Crippen LogP contribution >= 0.6 is 0 Å². The Morgan fingerprint density at radius 2 is 1.55 bits per heavy atom. The van der Waals surface area contributed by atoms with Crippen LogP contribution in [0, 0.1) is 6.92 Å². The van der Waals surface area contributed by atoms with Crippen molar-refractivity contribution in [2.45, 2.75) is 26.2 Å². The molecule has 0 atom stereocenters. The largest absolute Gasteiger partial charge is 0.496 e. The summed E-state index contributed by atoms with van der Waals surface area (Å²) >= 11 is 0. The maximum Gasteiger partial charge on any atom is 0.224 e. The van der Waals surface area contributed by atoms with Gasteiger partial charge in [0, 0.05) is 30.5 Å². The van der Waals surface area contributed by atoms with Crippen LogP contribution in [0.2, 0.25) is 0 Å². The summed E-state index contributed by atoms with van der Waals surface area (Å²) in [6.07, 6.45) is 0.897. The molecular weight excluding hydrogens is 390 g/mol. The molecule has 0 aromatic heterocycles. The first kappa shape index (κ1) is 22.1. The van der Waals surface area contributed by atoms with E-state index >= 15 is 0 Å². The third kappa shape index (κ3) is 5.95. The molecule has 160 valence electrons. The molecule has 0 aliphatic rings. The summed E-state index contributed by atoms with van der Waals surface area (Å²) < 4.78 is 10.7. The van der Waals surface area contributed by atoms with Gasteiger partial charge in [0.25, 0.3) is 0 Å². The lowest BCUT2D eigenvalue weighted by atomic mass is 10.0. The molecule has 0 aliphatic carbocycles. The van der Waals surface area contributed by atoms with E-state index in [0.29, 0.717) is 23.4 Å². The highest BCUT2D eigenvalue weighted by atomic mass is 16.5. The van der Waals surface area contributed by atoms with Crippen LogP contribution in [-0.4, -0.2) is 25.9 Å². The van der Waals surface area contributed by atoms with Gasteiger partial charge in [-0.2, -0.15) is 0 Å². The normalized spacial score (nSPS) is 10.4. The molecule has 0 saturated heterocycles. The lowest BCUT2D eigenvalue weighted by Crippen LogP contribution is -2.14. The van der Waals surface area contributed by atoms with E-state index in [-0.39, 0.29) is 24.5 Å². The SMILES string of the molecule is COc1ccc(NC(=O)CCC(=O)c2cc(C)ccc2OC)cc1Cc1ccccc1. The molecule has 0 saturated carbocycles. The number of methoxy groups -OCH3 is 2. The van der Waals surface area contributed by atoms with Crippen LogP contribution in [0.1, 0.15) is 39.9 Å². The summed E-state index contributed by atoms with van der Waals surface area (Å²) in [5, 5.41) is 2.89. The minimum absolute atomic E-state index is 0.0932. The molecule has 3 aromatic carbocycles. The minimum Gasteiger partial charge on any atom is -0.496 e. The summed E-state index contributed by atoms with van der Waals surface area (Å²) in [6, 6.07) is 21.1. The van der Waals surface area contributed by atoms with Gasteiger partial charge in [0.05, 0.1) is 19.8 Å². The molecule has 1 N–H and O–H groups in total. The van der Waals surface area contributed by atoms with Crippen LogP contribution in [-0.2, 0) is 11.2 Å². The van der Waals surface area contributed by atoms with Crippen molar-refractivity contribution in [3.63, 3.8) is 0 Å². The number of rotatable bonds is 9. The molecular formula is C26H27NO4. The molecule has 5 heteroatoms. The zero-order valence-electron chi connectivity index (χ0n) is 18.1. The molecule has 0 aliphatic heterocycles. The van der Waals surface area contributed by atoms with Crippen LogP contribution in [0.3, 0.4) is 0 Å². The van der Waals surface area contributed by atoms with E-state index in [1.54, 1.807) is 25.3 Å². The number of carbonyl (C=O) groups is 2. The molecule has 0 unspecified atom stereocenters. The Hall–Kier alpha value is -3.60. The molecule has 0 radical (unpaired) electrons. The van der Waals surface area contributed by atoms with E-state index in [4.69, 9.17) is 9.47 Å². The number of amides is 1. The number of anilines is 1. The van der Waals surface area contributed by atoms with E-state index in [2.05, 4.69) is 17.4 Å². The molecule has 5 nitrogen and oxygen atoms in total. The number of ketones is 1. The highest BCUT2D eigenvalue weighted by Crippen LogP contribution is 2.26. The van der Waals surface area contributed by atoms with Gasteiger partial charge in [-0.15, -0.1) is 0 Å². The number of nitrogens with one attached hydrogen (secondary N) is 1. The second-order valence-corrected chi connectivity index (χ2v) is 7.36. The van der Waals surface area contributed by atoms with Crippen molar-refractivity contribution >= 4 is 17.4 Å². The number of benzene rings is 3. The zero-order chi connectivity index (χ0) is 22.2. The van der Waals surface area contributed by atoms with Gasteiger partial charge in [0.15, 0.2) is 5.78 Å². The average molecular weight is 418 g/mol. The van der Waals surface area contributed by atoms with E-state index in [9.17, 15) is 9.59 Å². The smallest absolute Gasteiger partial charge is 0.224 e. The third-order valence-electron chi connectivity index (χ3n) is 5.04. The molecule has 0 spiro atoms. The predicted octanol–water partition coefficient (Wildman–Crippen LogP) is 5.20. The molecule has 0 fully saturated rings. The minimum atomic E-state index is -0.212. The van der Waals surface area contributed by atoms with Crippen molar-refractivity contribution in [2.75, 3.05) is 19.5 Å². The van der Waals surface area contributed by atoms with Crippen LogP contribution in [0.25, 0.3) is 0 Å². The Morgan fingerprint density at radius 3 is 2.26 bits per heavy atom. The van der Waals surface area contributed by atoms with Crippen molar-refractivity contribution < 1.29 is 19.1 Å². The van der Waals surface area contributed by atoms with Crippen molar-refractivity contribution in [3.8, 4) is 11.5 Å². The van der Waals surface area contributed by atoms with Gasteiger partial charge < -0.3 is 14.8 Å². The predicted molar refractivity (Wildman–Crippen MR) is 122 cm³/mol. The Morgan fingerprint density at radius 1 is 0.839 bits per heavy atom. The van der Waals surface area contributed by atoms with Gasteiger partial charge in [-0.05, 0) is 42.8 Å². The van der Waals surface area contributed by atoms with Gasteiger partial charge in [0.2, 0.25) is 5.91 Å². The summed E-state index contributed by atoms with van der Waals surface area (Å²) in [5.41, 5.74) is 4.29. The topological polar surface area (TPSA) is 64.6 Å². The second kappa shape index (κ2) is 10.4. The van der Waals surface area contributed by atoms with Crippen molar-refractivity contribution in [1.82, 2.24) is 0 Å². The Balaban J connectivity index is 1.64. The van der Waals surface area contributed by atoms with E-state index < -0.39 is 0 Å². The lowest BCUT2D eigenvalue weighted by Gasteiger charge is -2.12. The van der Waals surface area contributed by atoms with Gasteiger partial charge in [-0.3, -0.25) is 9.59 Å². The average Bonchev–Trinajstić information content (AvgIpc) is 2.78. The Kier molecular flexibility index (Phi) is 7.44. The molecule has 3 rings (SSSR count). The van der Waals surface area contributed by atoms with Crippen LogP contribution < -0.4 is 14.8 Å². The molecule has 3 aromatic rings. The maximum absolute atomic E-state index is 12.6. The summed E-state index contributed by atoms with van der Waals surface area (Å²) in [4.78, 5) is 25.1. The van der Waals surface area contributed by atoms with E-state index in [1.165, 1.54) is 7.11 Å². The fraction of sp³-hybridized carbons (Fsp3) is 0.231. The number of aryl methyl sites for hydroxylation is 1. The Bertz CT molecular complexity index is 1060. The van der Waals surface area contributed by atoms with Gasteiger partial charge in [0.1, 0.15) is 11.5 Å². The standard InChI is InChI=1S/C26H27NO4/c1-18-9-12-25(31-3)22(15-18)23(28)11-14-26(29)27-21-10-13-24(30-2)20(17-21)16-19-7-5-4-6-8-19/h4-10,12-13,15,17H,11,14,16H2,1-3H3,(H,27,29). The third-order valence-corrected chi connectivity index (χ3v) is 5.04. The second-order valence-electron chi connectivity index (χ2n) is 7.36. The zero-order valence-corrected chi connectivity index (χ0v) is 18.1. The summed E-state index contributed by atoms with van der Waals surface area (Å²) in [5.74, 6) is 0.964. The van der Waals surface area contributed by atoms with E-state index in [0.717, 1.165) is 22.4 Å². The number of carbonyl (C=O) groups excluding carboxylic acids is 2. The fourth-order valence-corrected chi connectivity index (χ4v) is 3.44. The lowest BCUT2D eigenvalue weighted by molar-refractivity contribution is -0.116. The van der Waals surface area contributed by atoms with Gasteiger partial charge >= 0.3 is 0 Å². The highest BCUT2D eigenvalue weighted by molar-refractivity contribution is 6.02. The summed E-state index contributed by atoms with van der Waals surface area (Å²) in [7, 11) is 3.16. The van der Waals surface area contributed by atoms with Crippen LogP contribution in [0.15, 0.2) is 66.7 Å². The first-order chi connectivity index (χ1) is 15.0. The molecule has 31 heavy (non-hydrogen) atoms. The van der Waals surface area contributed by atoms with Crippen molar-refractivity contribution in [1.29, 1.82) is 0 Å². The number of Topliss-reactive ketones (excluding diaryl/α,β-unsaturated/α-hetero) is 1. The van der Waals surface area contributed by atoms with Crippen molar-refractivity contribution in [3.05, 3.63) is 89.0 Å². The number of ether oxygens (including phenoxy) is 2. The first-order valence-corrected chi connectivity index (χ1v) is 10.2. The monoisotopic (exact) mass is 417 g/mol. The van der Waals surface area contributed by atoms with Crippen molar-refractivity contribution in [2.24, 2.45) is 0 Å².